The minimum absolute atomic E-state index is 0.113. The minimum Gasteiger partial charge on any atom is -0.508 e. The third-order valence-corrected chi connectivity index (χ3v) is 4.45. The van der Waals surface area contributed by atoms with Gasteiger partial charge in [0, 0.05) is 40.9 Å². The van der Waals surface area contributed by atoms with Gasteiger partial charge in [0.1, 0.15) is 5.75 Å². The van der Waals surface area contributed by atoms with Crippen LogP contribution in [0.4, 0.5) is 0 Å². The first-order valence-electron chi connectivity index (χ1n) is 7.14. The molecular formula is C16H22BrN3O. The van der Waals surface area contributed by atoms with Gasteiger partial charge in [0.25, 0.3) is 0 Å². The van der Waals surface area contributed by atoms with Crippen LogP contribution in [0, 0.1) is 13.8 Å². The Morgan fingerprint density at radius 3 is 2.67 bits per heavy atom. The van der Waals surface area contributed by atoms with Crippen molar-refractivity contribution in [2.75, 3.05) is 0 Å². The SMILES string of the molecule is CCC(NCc1c(C)nn(C)c1C)c1cc(Br)ccc1O. The van der Waals surface area contributed by atoms with E-state index in [9.17, 15) is 5.11 Å². The summed E-state index contributed by atoms with van der Waals surface area (Å²) in [4.78, 5) is 0. The Hall–Kier alpha value is -1.33. The molecule has 2 aromatic rings. The predicted molar refractivity (Wildman–Crippen MR) is 88.4 cm³/mol. The Morgan fingerprint density at radius 1 is 1.38 bits per heavy atom. The highest BCUT2D eigenvalue weighted by Crippen LogP contribution is 2.29. The first-order valence-corrected chi connectivity index (χ1v) is 7.94. The number of phenols is 1. The molecule has 21 heavy (non-hydrogen) atoms. The number of aromatic hydroxyl groups is 1. The topological polar surface area (TPSA) is 50.1 Å². The monoisotopic (exact) mass is 351 g/mol. The lowest BCUT2D eigenvalue weighted by Crippen LogP contribution is -2.21. The van der Waals surface area contributed by atoms with E-state index in [1.54, 1.807) is 6.07 Å². The highest BCUT2D eigenvalue weighted by atomic mass is 79.9. The van der Waals surface area contributed by atoms with Gasteiger partial charge in [-0.25, -0.2) is 0 Å². The Labute approximate surface area is 134 Å². The molecule has 4 nitrogen and oxygen atoms in total. The maximum absolute atomic E-state index is 10.1. The van der Waals surface area contributed by atoms with Crippen LogP contribution in [-0.2, 0) is 13.6 Å². The van der Waals surface area contributed by atoms with E-state index in [4.69, 9.17) is 0 Å². The lowest BCUT2D eigenvalue weighted by atomic mass is 10.0. The number of benzene rings is 1. The molecule has 0 aliphatic heterocycles. The molecule has 114 valence electrons. The summed E-state index contributed by atoms with van der Waals surface area (Å²) >= 11 is 3.46. The van der Waals surface area contributed by atoms with Crippen molar-refractivity contribution >= 4 is 15.9 Å². The van der Waals surface area contributed by atoms with Crippen molar-refractivity contribution < 1.29 is 5.11 Å². The number of halogens is 1. The normalized spacial score (nSPS) is 12.6. The quantitative estimate of drug-likeness (QED) is 0.862. The number of nitrogens with zero attached hydrogens (tertiary/aromatic N) is 2. The van der Waals surface area contributed by atoms with Crippen LogP contribution in [0.15, 0.2) is 22.7 Å². The molecular weight excluding hydrogens is 330 g/mol. The van der Waals surface area contributed by atoms with Crippen LogP contribution in [0.1, 0.15) is 41.9 Å². The van der Waals surface area contributed by atoms with Crippen molar-refractivity contribution in [3.63, 3.8) is 0 Å². The van der Waals surface area contributed by atoms with Crippen LogP contribution in [0.5, 0.6) is 5.75 Å². The van der Waals surface area contributed by atoms with Crippen LogP contribution in [-0.4, -0.2) is 14.9 Å². The Bertz CT molecular complexity index is 637. The molecule has 1 unspecified atom stereocenters. The van der Waals surface area contributed by atoms with Gasteiger partial charge in [-0.15, -0.1) is 0 Å². The second-order valence-electron chi connectivity index (χ2n) is 5.32. The zero-order valence-corrected chi connectivity index (χ0v) is 14.5. The summed E-state index contributed by atoms with van der Waals surface area (Å²) in [5.41, 5.74) is 4.38. The Kier molecular flexibility index (Phi) is 5.06. The van der Waals surface area contributed by atoms with Crippen molar-refractivity contribution in [2.24, 2.45) is 7.05 Å². The molecule has 0 bridgehead atoms. The number of aryl methyl sites for hydroxylation is 2. The molecule has 1 aromatic carbocycles. The molecule has 0 radical (unpaired) electrons. The molecule has 1 aromatic heterocycles. The zero-order valence-electron chi connectivity index (χ0n) is 12.9. The molecule has 1 atom stereocenters. The van der Waals surface area contributed by atoms with Crippen LogP contribution in [0.3, 0.4) is 0 Å². The minimum atomic E-state index is 0.113. The van der Waals surface area contributed by atoms with E-state index in [2.05, 4.69) is 40.2 Å². The maximum atomic E-state index is 10.1. The van der Waals surface area contributed by atoms with E-state index < -0.39 is 0 Å². The maximum Gasteiger partial charge on any atom is 0.120 e. The molecule has 5 heteroatoms. The van der Waals surface area contributed by atoms with Crippen LogP contribution >= 0.6 is 15.9 Å². The van der Waals surface area contributed by atoms with E-state index in [-0.39, 0.29) is 6.04 Å². The standard InChI is InChI=1S/C16H22BrN3O/c1-5-15(13-8-12(17)6-7-16(13)21)18-9-14-10(2)19-20(4)11(14)3/h6-8,15,18,21H,5,9H2,1-4H3. The molecule has 0 aliphatic carbocycles. The summed E-state index contributed by atoms with van der Waals surface area (Å²) in [7, 11) is 1.96. The largest absolute Gasteiger partial charge is 0.508 e. The number of rotatable bonds is 5. The van der Waals surface area contributed by atoms with Crippen LogP contribution in [0.2, 0.25) is 0 Å². The summed E-state index contributed by atoms with van der Waals surface area (Å²) in [6.07, 6.45) is 0.905. The van der Waals surface area contributed by atoms with E-state index >= 15 is 0 Å². The van der Waals surface area contributed by atoms with E-state index in [1.807, 2.05) is 30.8 Å². The summed E-state index contributed by atoms with van der Waals surface area (Å²) in [6.45, 7) is 6.97. The fourth-order valence-corrected chi connectivity index (χ4v) is 2.96. The Morgan fingerprint density at radius 2 is 2.10 bits per heavy atom. The summed E-state index contributed by atoms with van der Waals surface area (Å²) in [5, 5.41) is 18.0. The summed E-state index contributed by atoms with van der Waals surface area (Å²) < 4.78 is 2.88. The van der Waals surface area contributed by atoms with Crippen molar-refractivity contribution in [2.45, 2.75) is 39.8 Å². The number of nitrogens with one attached hydrogen (secondary N) is 1. The first kappa shape index (κ1) is 16.0. The van der Waals surface area contributed by atoms with E-state index in [0.29, 0.717) is 5.75 Å². The van der Waals surface area contributed by atoms with Gasteiger partial charge >= 0.3 is 0 Å². The first-order chi connectivity index (χ1) is 9.93. The van der Waals surface area contributed by atoms with Crippen molar-refractivity contribution in [3.05, 3.63) is 45.2 Å². The summed E-state index contributed by atoms with van der Waals surface area (Å²) in [5.74, 6) is 0.331. The average molecular weight is 352 g/mol. The van der Waals surface area contributed by atoms with Crippen molar-refractivity contribution in [1.29, 1.82) is 0 Å². The third-order valence-electron chi connectivity index (χ3n) is 3.96. The number of aromatic nitrogens is 2. The lowest BCUT2D eigenvalue weighted by Gasteiger charge is -2.19. The predicted octanol–water partition coefficient (Wildman–Crippen LogP) is 3.75. The zero-order chi connectivity index (χ0) is 15.6. The summed E-state index contributed by atoms with van der Waals surface area (Å²) in [6, 6.07) is 5.66. The van der Waals surface area contributed by atoms with E-state index in [0.717, 1.165) is 28.7 Å². The smallest absolute Gasteiger partial charge is 0.120 e. The highest BCUT2D eigenvalue weighted by Gasteiger charge is 2.16. The number of phenolic OH excluding ortho intramolecular Hbond substituents is 1. The number of hydrogen-bond acceptors (Lipinski definition) is 3. The molecule has 0 fully saturated rings. The van der Waals surface area contributed by atoms with Gasteiger partial charge in [-0.3, -0.25) is 4.68 Å². The fourth-order valence-electron chi connectivity index (χ4n) is 2.58. The third kappa shape index (κ3) is 3.47. The van der Waals surface area contributed by atoms with Gasteiger partial charge in [0.05, 0.1) is 5.69 Å². The number of hydrogen-bond donors (Lipinski definition) is 2. The molecule has 0 aliphatic rings. The van der Waals surface area contributed by atoms with Gasteiger partial charge < -0.3 is 10.4 Å². The molecule has 2 rings (SSSR count). The Balaban J connectivity index is 2.18. The highest BCUT2D eigenvalue weighted by molar-refractivity contribution is 9.10. The van der Waals surface area contributed by atoms with E-state index in [1.165, 1.54) is 11.3 Å². The van der Waals surface area contributed by atoms with Crippen LogP contribution in [0.25, 0.3) is 0 Å². The van der Waals surface area contributed by atoms with Gasteiger partial charge in [-0.05, 0) is 38.5 Å². The molecule has 2 N–H and O–H groups in total. The molecule has 0 spiro atoms. The van der Waals surface area contributed by atoms with Gasteiger partial charge in [0.2, 0.25) is 0 Å². The molecule has 0 saturated carbocycles. The average Bonchev–Trinajstić information content (AvgIpc) is 2.69. The van der Waals surface area contributed by atoms with Crippen LogP contribution < -0.4 is 5.32 Å². The van der Waals surface area contributed by atoms with Crippen molar-refractivity contribution in [3.8, 4) is 5.75 Å². The molecule has 0 amide bonds. The van der Waals surface area contributed by atoms with Crippen molar-refractivity contribution in [1.82, 2.24) is 15.1 Å². The lowest BCUT2D eigenvalue weighted by molar-refractivity contribution is 0.440. The van der Waals surface area contributed by atoms with Gasteiger partial charge in [0.15, 0.2) is 0 Å². The van der Waals surface area contributed by atoms with Gasteiger partial charge in [-0.2, -0.15) is 5.10 Å². The second-order valence-corrected chi connectivity index (χ2v) is 6.23. The second kappa shape index (κ2) is 6.62. The van der Waals surface area contributed by atoms with Gasteiger partial charge in [-0.1, -0.05) is 22.9 Å². The molecule has 1 heterocycles. The molecule has 0 saturated heterocycles. The fraction of sp³-hybridized carbons (Fsp3) is 0.438.